The van der Waals surface area contributed by atoms with Gasteiger partial charge in [-0.3, -0.25) is 9.59 Å². The summed E-state index contributed by atoms with van der Waals surface area (Å²) in [6, 6.07) is 14.6. The fourth-order valence-electron chi connectivity index (χ4n) is 3.75. The van der Waals surface area contributed by atoms with Crippen LogP contribution in [0.25, 0.3) is 0 Å². The number of nitrogens with one attached hydrogen (secondary N) is 1. The Labute approximate surface area is 195 Å². The molecular weight excluding hydrogens is 442 g/mol. The van der Waals surface area contributed by atoms with Gasteiger partial charge in [-0.05, 0) is 49.7 Å². The monoisotopic (exact) mass is 473 g/mol. The Kier molecular flexibility index (Phi) is 8.60. The lowest BCUT2D eigenvalue weighted by molar-refractivity contribution is -0.123. The average molecular weight is 474 g/mol. The number of rotatable bonds is 10. The van der Waals surface area contributed by atoms with Gasteiger partial charge in [-0.15, -0.1) is 0 Å². The molecule has 2 atom stereocenters. The minimum atomic E-state index is -3.48. The highest BCUT2D eigenvalue weighted by atomic mass is 32.2. The number of nitrogens with two attached hydrogens (primary N) is 1. The summed E-state index contributed by atoms with van der Waals surface area (Å²) in [4.78, 5) is 27.5. The minimum Gasteiger partial charge on any atom is -0.378 e. The Balaban J connectivity index is 1.56. The van der Waals surface area contributed by atoms with Gasteiger partial charge in [-0.25, -0.2) is 8.42 Å². The zero-order valence-corrected chi connectivity index (χ0v) is 19.6. The van der Waals surface area contributed by atoms with Gasteiger partial charge in [0.25, 0.3) is 5.91 Å². The van der Waals surface area contributed by atoms with Crippen molar-refractivity contribution in [2.75, 3.05) is 43.9 Å². The van der Waals surface area contributed by atoms with E-state index in [0.29, 0.717) is 37.6 Å². The van der Waals surface area contributed by atoms with Crippen LogP contribution in [0.2, 0.25) is 0 Å². The van der Waals surface area contributed by atoms with Crippen molar-refractivity contribution < 1.29 is 22.7 Å². The molecule has 178 valence electrons. The number of ether oxygens (including phenoxy) is 1. The van der Waals surface area contributed by atoms with Crippen molar-refractivity contribution in [3.8, 4) is 0 Å². The first kappa shape index (κ1) is 24.9. The van der Waals surface area contributed by atoms with E-state index in [-0.39, 0.29) is 35.3 Å². The van der Waals surface area contributed by atoms with Crippen LogP contribution in [-0.2, 0) is 19.4 Å². The van der Waals surface area contributed by atoms with Crippen molar-refractivity contribution in [2.24, 2.45) is 11.7 Å². The van der Waals surface area contributed by atoms with Gasteiger partial charge in [0.1, 0.15) is 0 Å². The van der Waals surface area contributed by atoms with Gasteiger partial charge in [-0.1, -0.05) is 18.2 Å². The van der Waals surface area contributed by atoms with Gasteiger partial charge >= 0.3 is 0 Å². The lowest BCUT2D eigenvalue weighted by Crippen LogP contribution is -2.40. The van der Waals surface area contributed by atoms with E-state index in [0.717, 1.165) is 0 Å². The summed E-state index contributed by atoms with van der Waals surface area (Å²) >= 11 is 0. The summed E-state index contributed by atoms with van der Waals surface area (Å²) in [7, 11) is -3.48. The highest BCUT2D eigenvalue weighted by Gasteiger charge is 2.26. The Hall–Kier alpha value is -2.75. The van der Waals surface area contributed by atoms with Crippen LogP contribution in [0.4, 0.5) is 5.69 Å². The third kappa shape index (κ3) is 6.63. The average Bonchev–Trinajstić information content (AvgIpc) is 2.85. The molecule has 3 N–H and O–H groups in total. The zero-order valence-electron chi connectivity index (χ0n) is 18.8. The molecule has 9 heteroatoms. The maximum atomic E-state index is 12.9. The SMILES string of the molecule is C[C@H](Nc1ccc(C(=O)N2CCOCC2)cc1)C(=O)[C@H](CN)CCS(=O)(=O)c1ccccc1. The van der Waals surface area contributed by atoms with Crippen molar-refractivity contribution in [1.29, 1.82) is 0 Å². The van der Waals surface area contributed by atoms with Crippen molar-refractivity contribution in [3.63, 3.8) is 0 Å². The molecule has 1 aliphatic heterocycles. The molecule has 8 nitrogen and oxygen atoms in total. The van der Waals surface area contributed by atoms with Crippen LogP contribution < -0.4 is 11.1 Å². The van der Waals surface area contributed by atoms with E-state index in [1.165, 1.54) is 0 Å². The highest BCUT2D eigenvalue weighted by molar-refractivity contribution is 7.91. The number of morpholine rings is 1. The summed E-state index contributed by atoms with van der Waals surface area (Å²) in [5.74, 6) is -0.908. The van der Waals surface area contributed by atoms with Crippen molar-refractivity contribution in [1.82, 2.24) is 4.90 Å². The van der Waals surface area contributed by atoms with E-state index in [2.05, 4.69) is 5.32 Å². The molecule has 1 fully saturated rings. The molecule has 1 saturated heterocycles. The topological polar surface area (TPSA) is 119 Å². The van der Waals surface area contributed by atoms with Gasteiger partial charge in [0.05, 0.1) is 29.9 Å². The van der Waals surface area contributed by atoms with Crippen LogP contribution in [-0.4, -0.2) is 69.7 Å². The van der Waals surface area contributed by atoms with E-state index in [4.69, 9.17) is 10.5 Å². The van der Waals surface area contributed by atoms with Crippen LogP contribution in [0.5, 0.6) is 0 Å². The molecular formula is C24H31N3O5S. The van der Waals surface area contributed by atoms with E-state index in [1.807, 2.05) is 0 Å². The second kappa shape index (κ2) is 11.4. The summed E-state index contributed by atoms with van der Waals surface area (Å²) < 4.78 is 30.3. The Morgan fingerprint density at radius 3 is 2.30 bits per heavy atom. The molecule has 1 heterocycles. The number of Topliss-reactive ketones (excluding diaryl/α,β-unsaturated/α-hetero) is 1. The normalized spacial score (nSPS) is 16.1. The summed E-state index contributed by atoms with van der Waals surface area (Å²) in [5.41, 5.74) is 7.08. The lowest BCUT2D eigenvalue weighted by atomic mass is 9.96. The molecule has 1 amide bonds. The maximum Gasteiger partial charge on any atom is 0.254 e. The molecule has 0 saturated carbocycles. The number of hydrogen-bond acceptors (Lipinski definition) is 7. The number of sulfone groups is 1. The number of benzene rings is 2. The van der Waals surface area contributed by atoms with Gasteiger partial charge in [0.2, 0.25) is 0 Å². The molecule has 0 bridgehead atoms. The first-order valence-electron chi connectivity index (χ1n) is 11.1. The third-order valence-corrected chi connectivity index (χ3v) is 7.53. The maximum absolute atomic E-state index is 12.9. The number of hydrogen-bond donors (Lipinski definition) is 2. The predicted molar refractivity (Wildman–Crippen MR) is 127 cm³/mol. The van der Waals surface area contributed by atoms with E-state index in [1.54, 1.807) is 66.4 Å². The summed E-state index contributed by atoms with van der Waals surface area (Å²) in [6.45, 7) is 4.03. The summed E-state index contributed by atoms with van der Waals surface area (Å²) in [6.07, 6.45) is 0.158. The Morgan fingerprint density at radius 1 is 1.06 bits per heavy atom. The highest BCUT2D eigenvalue weighted by Crippen LogP contribution is 2.18. The first-order valence-corrected chi connectivity index (χ1v) is 12.7. The molecule has 0 radical (unpaired) electrons. The minimum absolute atomic E-state index is 0.0446. The lowest BCUT2D eigenvalue weighted by Gasteiger charge is -2.27. The van der Waals surface area contributed by atoms with Crippen LogP contribution in [0.15, 0.2) is 59.5 Å². The largest absolute Gasteiger partial charge is 0.378 e. The second-order valence-electron chi connectivity index (χ2n) is 8.10. The smallest absolute Gasteiger partial charge is 0.254 e. The van der Waals surface area contributed by atoms with E-state index in [9.17, 15) is 18.0 Å². The standard InChI is InChI=1S/C24H31N3O5S/c1-18(23(28)20(17-25)11-16-33(30,31)22-5-3-2-4-6-22)26-21-9-7-19(8-10-21)24(29)27-12-14-32-15-13-27/h2-10,18,20,26H,11-17,25H2,1H3/t18-,20-/m0/s1. The molecule has 33 heavy (non-hydrogen) atoms. The fraction of sp³-hybridized carbons (Fsp3) is 0.417. The zero-order chi connectivity index (χ0) is 23.8. The first-order chi connectivity index (χ1) is 15.8. The molecule has 0 unspecified atom stereocenters. The van der Waals surface area contributed by atoms with Crippen molar-refractivity contribution in [3.05, 3.63) is 60.2 Å². The second-order valence-corrected chi connectivity index (χ2v) is 10.2. The Bertz CT molecular complexity index is 1040. The van der Waals surface area contributed by atoms with Crippen LogP contribution in [0, 0.1) is 5.92 Å². The van der Waals surface area contributed by atoms with Crippen molar-refractivity contribution >= 4 is 27.2 Å². The molecule has 0 spiro atoms. The van der Waals surface area contributed by atoms with Crippen LogP contribution >= 0.6 is 0 Å². The molecule has 2 aromatic carbocycles. The van der Waals surface area contributed by atoms with Gasteiger partial charge in [0.15, 0.2) is 15.6 Å². The Morgan fingerprint density at radius 2 is 1.70 bits per heavy atom. The van der Waals surface area contributed by atoms with Crippen molar-refractivity contribution in [2.45, 2.75) is 24.3 Å². The van der Waals surface area contributed by atoms with Crippen LogP contribution in [0.3, 0.4) is 0 Å². The van der Waals surface area contributed by atoms with Gasteiger partial charge < -0.3 is 20.7 Å². The predicted octanol–water partition coefficient (Wildman–Crippen LogP) is 1.97. The number of amides is 1. The van der Waals surface area contributed by atoms with E-state index < -0.39 is 21.8 Å². The molecule has 1 aliphatic rings. The quantitative estimate of drug-likeness (QED) is 0.541. The number of nitrogens with zero attached hydrogens (tertiary/aromatic N) is 1. The number of anilines is 1. The number of ketones is 1. The molecule has 0 aliphatic carbocycles. The van der Waals surface area contributed by atoms with Crippen LogP contribution in [0.1, 0.15) is 23.7 Å². The fourth-order valence-corrected chi connectivity index (χ4v) is 5.15. The number of carbonyl (C=O) groups excluding carboxylic acids is 2. The molecule has 0 aromatic heterocycles. The summed E-state index contributed by atoms with van der Waals surface area (Å²) in [5, 5.41) is 3.13. The van der Waals surface area contributed by atoms with Gasteiger partial charge in [0, 0.05) is 36.8 Å². The number of carbonyl (C=O) groups is 2. The third-order valence-electron chi connectivity index (χ3n) is 5.76. The van der Waals surface area contributed by atoms with E-state index >= 15 is 0 Å². The van der Waals surface area contributed by atoms with Gasteiger partial charge in [-0.2, -0.15) is 0 Å². The molecule has 3 rings (SSSR count). The molecule has 2 aromatic rings.